The molecule has 160 valence electrons. The second kappa shape index (κ2) is 9.40. The van der Waals surface area contributed by atoms with Crippen LogP contribution in [0.15, 0.2) is 53.7 Å². The van der Waals surface area contributed by atoms with Crippen molar-refractivity contribution in [3.8, 4) is 22.8 Å². The van der Waals surface area contributed by atoms with E-state index in [1.54, 1.807) is 7.11 Å². The fraction of sp³-hybridized carbons (Fsp3) is 0.238. The summed E-state index contributed by atoms with van der Waals surface area (Å²) in [7, 11) is 1.62. The average molecular weight is 458 g/mol. The maximum absolute atomic E-state index is 11.7. The maximum atomic E-state index is 11.7. The number of urea groups is 1. The minimum absolute atomic E-state index is 0.0702. The van der Waals surface area contributed by atoms with E-state index in [4.69, 9.17) is 16.3 Å². The molecular weight excluding hydrogens is 438 g/mol. The van der Waals surface area contributed by atoms with Gasteiger partial charge in [-0.1, -0.05) is 35.5 Å². The number of halogens is 1. The Morgan fingerprint density at radius 1 is 1.16 bits per heavy atom. The Labute approximate surface area is 188 Å². The summed E-state index contributed by atoms with van der Waals surface area (Å²) in [6, 6.07) is 14.8. The van der Waals surface area contributed by atoms with Gasteiger partial charge >= 0.3 is 6.03 Å². The molecular formula is C21H20ClN5O3S. The smallest absolute Gasteiger partial charge is 0.324 e. The third kappa shape index (κ3) is 4.67. The van der Waals surface area contributed by atoms with Crippen molar-refractivity contribution in [3.63, 3.8) is 0 Å². The molecule has 31 heavy (non-hydrogen) atoms. The number of hydrogen-bond donors (Lipinski definition) is 1. The summed E-state index contributed by atoms with van der Waals surface area (Å²) in [4.78, 5) is 24.6. The number of carbonyl (C=O) groups excluding carboxylic acids is 2. The topological polar surface area (TPSA) is 89.4 Å². The zero-order valence-corrected chi connectivity index (χ0v) is 18.3. The molecule has 1 saturated heterocycles. The van der Waals surface area contributed by atoms with Crippen LogP contribution < -0.4 is 10.1 Å². The third-order valence-corrected chi connectivity index (χ3v) is 6.01. The Morgan fingerprint density at radius 2 is 1.97 bits per heavy atom. The van der Waals surface area contributed by atoms with Gasteiger partial charge in [-0.25, -0.2) is 4.79 Å². The summed E-state index contributed by atoms with van der Waals surface area (Å²) in [5, 5.41) is 12.7. The van der Waals surface area contributed by atoms with Crippen molar-refractivity contribution in [1.82, 2.24) is 25.0 Å². The number of nitrogens with one attached hydrogen (secondary N) is 1. The summed E-state index contributed by atoms with van der Waals surface area (Å²) < 4.78 is 7.31. The Balaban J connectivity index is 1.57. The highest BCUT2D eigenvalue weighted by molar-refractivity contribution is 7.99. The van der Waals surface area contributed by atoms with E-state index in [9.17, 15) is 9.59 Å². The molecule has 0 atom stereocenters. The van der Waals surface area contributed by atoms with Gasteiger partial charge in [0.25, 0.3) is 0 Å². The van der Waals surface area contributed by atoms with Gasteiger partial charge in [0.2, 0.25) is 5.91 Å². The molecule has 0 bridgehead atoms. The van der Waals surface area contributed by atoms with Crippen LogP contribution in [-0.2, 0) is 4.79 Å². The molecule has 1 N–H and O–H groups in total. The standard InChI is InChI=1S/C21H20ClN5O3S/c1-30-17-5-2-4-14(12-17)19-24-25-21(27(19)16-8-6-15(22)7-9-16)31-11-3-10-26-18(28)13-23-20(26)29/h2,4-9,12H,3,10-11,13H2,1H3,(H,23,29). The van der Waals surface area contributed by atoms with E-state index in [2.05, 4.69) is 15.5 Å². The van der Waals surface area contributed by atoms with Crippen molar-refractivity contribution in [2.45, 2.75) is 11.6 Å². The number of amides is 3. The molecule has 10 heteroatoms. The Hall–Kier alpha value is -3.04. The summed E-state index contributed by atoms with van der Waals surface area (Å²) in [6.07, 6.45) is 0.645. The number of hydrogen-bond acceptors (Lipinski definition) is 6. The third-order valence-electron chi connectivity index (χ3n) is 4.74. The number of thioether (sulfide) groups is 1. The van der Waals surface area contributed by atoms with E-state index in [0.717, 1.165) is 17.0 Å². The molecule has 3 amide bonds. The van der Waals surface area contributed by atoms with Gasteiger partial charge in [0.15, 0.2) is 11.0 Å². The van der Waals surface area contributed by atoms with Gasteiger partial charge in [0.1, 0.15) is 5.75 Å². The Morgan fingerprint density at radius 3 is 2.68 bits per heavy atom. The van der Waals surface area contributed by atoms with E-state index >= 15 is 0 Å². The van der Waals surface area contributed by atoms with Crippen LogP contribution in [0.3, 0.4) is 0 Å². The van der Waals surface area contributed by atoms with Crippen LogP contribution in [0.5, 0.6) is 5.75 Å². The first-order valence-corrected chi connectivity index (χ1v) is 11.0. The Bertz CT molecular complexity index is 1090. The first-order chi connectivity index (χ1) is 15.1. The van der Waals surface area contributed by atoms with Crippen molar-refractivity contribution >= 4 is 35.3 Å². The van der Waals surface area contributed by atoms with Crippen molar-refractivity contribution in [1.29, 1.82) is 0 Å². The van der Waals surface area contributed by atoms with Gasteiger partial charge < -0.3 is 10.1 Å². The molecule has 4 rings (SSSR count). The van der Waals surface area contributed by atoms with Gasteiger partial charge in [-0.05, 0) is 42.8 Å². The molecule has 1 aromatic heterocycles. The zero-order valence-electron chi connectivity index (χ0n) is 16.7. The van der Waals surface area contributed by atoms with E-state index in [1.165, 1.54) is 16.7 Å². The highest BCUT2D eigenvalue weighted by atomic mass is 35.5. The van der Waals surface area contributed by atoms with Crippen LogP contribution in [0.4, 0.5) is 4.79 Å². The molecule has 1 fully saturated rings. The largest absolute Gasteiger partial charge is 0.497 e. The lowest BCUT2D eigenvalue weighted by molar-refractivity contribution is -0.124. The molecule has 0 unspecified atom stereocenters. The lowest BCUT2D eigenvalue weighted by atomic mass is 10.2. The van der Waals surface area contributed by atoms with Crippen molar-refractivity contribution < 1.29 is 14.3 Å². The van der Waals surface area contributed by atoms with E-state index in [0.29, 0.717) is 34.7 Å². The number of ether oxygens (including phenoxy) is 1. The normalized spacial score (nSPS) is 13.5. The molecule has 0 saturated carbocycles. The molecule has 2 heterocycles. The molecule has 8 nitrogen and oxygen atoms in total. The maximum Gasteiger partial charge on any atom is 0.324 e. The predicted octanol–water partition coefficient (Wildman–Crippen LogP) is 3.63. The second-order valence-corrected chi connectivity index (χ2v) is 8.25. The van der Waals surface area contributed by atoms with E-state index in [-0.39, 0.29) is 18.5 Å². The number of benzene rings is 2. The number of methoxy groups -OCH3 is 1. The lowest BCUT2D eigenvalue weighted by Gasteiger charge is -2.13. The van der Waals surface area contributed by atoms with Crippen LogP contribution in [0.2, 0.25) is 5.02 Å². The van der Waals surface area contributed by atoms with E-state index < -0.39 is 0 Å². The molecule has 1 aliphatic rings. The summed E-state index contributed by atoms with van der Waals surface area (Å²) >= 11 is 7.58. The summed E-state index contributed by atoms with van der Waals surface area (Å²) in [5.74, 6) is 1.88. The first-order valence-electron chi connectivity index (χ1n) is 9.63. The van der Waals surface area contributed by atoms with Gasteiger partial charge in [0, 0.05) is 28.6 Å². The quantitative estimate of drug-likeness (QED) is 0.315. The molecule has 0 spiro atoms. The van der Waals surface area contributed by atoms with E-state index in [1.807, 2.05) is 53.1 Å². The SMILES string of the molecule is COc1cccc(-c2nnc(SCCCN3C(=O)CNC3=O)n2-c2ccc(Cl)cc2)c1. The van der Waals surface area contributed by atoms with Gasteiger partial charge in [-0.2, -0.15) is 0 Å². The molecule has 1 aliphatic heterocycles. The van der Waals surface area contributed by atoms with Crippen LogP contribution in [0, 0.1) is 0 Å². The number of carbonyl (C=O) groups is 2. The van der Waals surface area contributed by atoms with Crippen LogP contribution >= 0.6 is 23.4 Å². The summed E-state index contributed by atoms with van der Waals surface area (Å²) in [6.45, 7) is 0.441. The lowest BCUT2D eigenvalue weighted by Crippen LogP contribution is -2.32. The number of aromatic nitrogens is 3. The van der Waals surface area contributed by atoms with Crippen LogP contribution in [0.1, 0.15) is 6.42 Å². The number of imide groups is 1. The zero-order chi connectivity index (χ0) is 21.8. The highest BCUT2D eigenvalue weighted by Gasteiger charge is 2.27. The Kier molecular flexibility index (Phi) is 6.43. The fourth-order valence-electron chi connectivity index (χ4n) is 3.20. The predicted molar refractivity (Wildman–Crippen MR) is 119 cm³/mol. The molecule has 0 radical (unpaired) electrons. The molecule has 2 aromatic carbocycles. The monoisotopic (exact) mass is 457 g/mol. The highest BCUT2D eigenvalue weighted by Crippen LogP contribution is 2.30. The van der Waals surface area contributed by atoms with Crippen molar-refractivity contribution in [2.75, 3.05) is 26.0 Å². The van der Waals surface area contributed by atoms with Crippen molar-refractivity contribution in [2.24, 2.45) is 0 Å². The van der Waals surface area contributed by atoms with Gasteiger partial charge in [0.05, 0.1) is 13.7 Å². The van der Waals surface area contributed by atoms with Gasteiger partial charge in [-0.3, -0.25) is 14.3 Å². The number of rotatable bonds is 8. The minimum atomic E-state index is -0.334. The fourth-order valence-corrected chi connectivity index (χ4v) is 4.20. The minimum Gasteiger partial charge on any atom is -0.497 e. The summed E-state index contributed by atoms with van der Waals surface area (Å²) in [5.41, 5.74) is 1.75. The van der Waals surface area contributed by atoms with Crippen molar-refractivity contribution in [3.05, 3.63) is 53.6 Å². The molecule has 3 aromatic rings. The average Bonchev–Trinajstić information content (AvgIpc) is 3.35. The van der Waals surface area contributed by atoms with Crippen LogP contribution in [0.25, 0.3) is 17.1 Å². The van der Waals surface area contributed by atoms with Crippen LogP contribution in [-0.4, -0.2) is 57.6 Å². The number of nitrogens with zero attached hydrogens (tertiary/aromatic N) is 4. The molecule has 0 aliphatic carbocycles. The van der Waals surface area contributed by atoms with Gasteiger partial charge in [-0.15, -0.1) is 10.2 Å². The first kappa shape index (κ1) is 21.2. The second-order valence-electron chi connectivity index (χ2n) is 6.76.